The molecule has 4 rings (SSSR count). The first-order valence-corrected chi connectivity index (χ1v) is 9.15. The summed E-state index contributed by atoms with van der Waals surface area (Å²) in [6, 6.07) is 11.7. The third-order valence-corrected chi connectivity index (χ3v) is 4.84. The Labute approximate surface area is 173 Å². The summed E-state index contributed by atoms with van der Waals surface area (Å²) in [5.74, 6) is 0.961. The van der Waals surface area contributed by atoms with Crippen LogP contribution < -0.4 is 5.73 Å². The van der Waals surface area contributed by atoms with Crippen LogP contribution in [0.5, 0.6) is 0 Å². The second kappa shape index (κ2) is 8.87. The van der Waals surface area contributed by atoms with Crippen molar-refractivity contribution >= 4 is 18.2 Å². The third-order valence-electron chi connectivity index (χ3n) is 4.84. The van der Waals surface area contributed by atoms with Crippen LogP contribution in [0.1, 0.15) is 23.7 Å². The molecule has 152 valence electrons. The lowest BCUT2D eigenvalue weighted by molar-refractivity contribution is -0.129. The van der Waals surface area contributed by atoms with Crippen molar-refractivity contribution in [1.29, 1.82) is 5.26 Å². The summed E-state index contributed by atoms with van der Waals surface area (Å²) in [6.45, 7) is 2.31. The monoisotopic (exact) mass is 404 g/mol. The van der Waals surface area contributed by atoms with E-state index >= 15 is 0 Å². The van der Waals surface area contributed by atoms with Crippen LogP contribution in [-0.4, -0.2) is 43.5 Å². The highest BCUT2D eigenvalue weighted by Crippen LogP contribution is 2.36. The Morgan fingerprint density at radius 3 is 2.73 bits per heavy atom. The van der Waals surface area contributed by atoms with Crippen molar-refractivity contribution in [3.05, 3.63) is 59.5 Å². The Hall–Kier alpha value is -4.19. The summed E-state index contributed by atoms with van der Waals surface area (Å²) >= 11 is 0. The molecule has 0 aliphatic carbocycles. The van der Waals surface area contributed by atoms with Gasteiger partial charge in [-0.2, -0.15) is 5.26 Å². The minimum absolute atomic E-state index is 0.00189. The van der Waals surface area contributed by atoms with E-state index in [-0.39, 0.29) is 18.2 Å². The predicted octanol–water partition coefficient (Wildman–Crippen LogP) is 1.99. The number of nitriles is 1. The average Bonchev–Trinajstić information content (AvgIpc) is 3.23. The fourth-order valence-electron chi connectivity index (χ4n) is 3.53. The molecule has 3 aromatic heterocycles. The molecular formula is C21H20N6O3. The van der Waals surface area contributed by atoms with Gasteiger partial charge in [0, 0.05) is 50.0 Å². The number of hydrogen-bond acceptors (Lipinski definition) is 6. The maximum Gasteiger partial charge on any atom is 0.290 e. The van der Waals surface area contributed by atoms with Crippen molar-refractivity contribution in [3.8, 4) is 23.1 Å². The second-order valence-corrected chi connectivity index (χ2v) is 6.53. The molecule has 0 saturated carbocycles. The first-order chi connectivity index (χ1) is 14.5. The van der Waals surface area contributed by atoms with Crippen LogP contribution >= 0.6 is 0 Å². The summed E-state index contributed by atoms with van der Waals surface area (Å²) in [7, 11) is 0. The Morgan fingerprint density at radius 1 is 1.33 bits per heavy atom. The Balaban J connectivity index is 0.000000806. The van der Waals surface area contributed by atoms with Crippen molar-refractivity contribution in [2.45, 2.75) is 19.9 Å². The maximum atomic E-state index is 11.9. The number of nitrogens with zero attached hydrogens (tertiary/aromatic N) is 5. The van der Waals surface area contributed by atoms with Gasteiger partial charge in [0.15, 0.2) is 0 Å². The van der Waals surface area contributed by atoms with Gasteiger partial charge in [-0.15, -0.1) is 0 Å². The molecule has 1 aliphatic heterocycles. The lowest BCUT2D eigenvalue weighted by atomic mass is 9.93. The van der Waals surface area contributed by atoms with Gasteiger partial charge in [0.25, 0.3) is 6.47 Å². The van der Waals surface area contributed by atoms with E-state index in [0.717, 1.165) is 28.3 Å². The molecule has 0 spiro atoms. The van der Waals surface area contributed by atoms with Crippen LogP contribution in [0.15, 0.2) is 42.7 Å². The number of amides is 1. The summed E-state index contributed by atoms with van der Waals surface area (Å²) < 4.78 is 1.92. The molecule has 9 nitrogen and oxygen atoms in total. The quantitative estimate of drug-likeness (QED) is 0.623. The van der Waals surface area contributed by atoms with Gasteiger partial charge < -0.3 is 20.3 Å². The minimum Gasteiger partial charge on any atom is -0.483 e. The fraction of sp³-hybridized carbons (Fsp3) is 0.190. The van der Waals surface area contributed by atoms with Gasteiger partial charge in [0.2, 0.25) is 5.91 Å². The molecule has 3 N–H and O–H groups in total. The van der Waals surface area contributed by atoms with Gasteiger partial charge in [-0.05, 0) is 24.3 Å². The van der Waals surface area contributed by atoms with Gasteiger partial charge in [-0.1, -0.05) is 6.07 Å². The highest BCUT2D eigenvalue weighted by molar-refractivity contribution is 5.80. The lowest BCUT2D eigenvalue weighted by Crippen LogP contribution is -2.35. The standard InChI is InChI=1S/C20H18N6O.CH2O2/c1-13(27)25-10-7-16-15(12-25)19(14(11-21)20(22)24-16)17-5-4-9-26(17)18-6-2-3-8-23-18;2-1-3/h2-6,8-9H,7,10,12H2,1H3,(H2,22,24);1H,(H,2,3). The number of carboxylic acid groups (broad SMARTS) is 1. The van der Waals surface area contributed by atoms with E-state index in [9.17, 15) is 10.1 Å². The number of carbonyl (C=O) groups is 2. The topological polar surface area (TPSA) is 138 Å². The maximum absolute atomic E-state index is 11.9. The highest BCUT2D eigenvalue weighted by atomic mass is 16.3. The van der Waals surface area contributed by atoms with Crippen molar-refractivity contribution in [1.82, 2.24) is 19.4 Å². The Bertz CT molecular complexity index is 1120. The largest absolute Gasteiger partial charge is 0.483 e. The summed E-state index contributed by atoms with van der Waals surface area (Å²) in [5.41, 5.74) is 9.68. The van der Waals surface area contributed by atoms with Crippen LogP contribution in [0, 0.1) is 11.3 Å². The zero-order valence-corrected chi connectivity index (χ0v) is 16.3. The molecule has 0 saturated heterocycles. The van der Waals surface area contributed by atoms with E-state index < -0.39 is 0 Å². The van der Waals surface area contributed by atoms with Crippen molar-refractivity contribution < 1.29 is 14.7 Å². The van der Waals surface area contributed by atoms with E-state index in [0.29, 0.717) is 25.1 Å². The number of rotatable bonds is 2. The van der Waals surface area contributed by atoms with Crippen molar-refractivity contribution in [2.24, 2.45) is 0 Å². The molecule has 1 aliphatic rings. The number of hydrogen-bond donors (Lipinski definition) is 2. The van der Waals surface area contributed by atoms with Gasteiger partial charge in [0.05, 0.1) is 11.4 Å². The number of aromatic nitrogens is 3. The number of carbonyl (C=O) groups excluding carboxylic acids is 1. The SMILES string of the molecule is CC(=O)N1CCc2nc(N)c(C#N)c(-c3cccn3-c3ccccn3)c2C1.O=CO. The van der Waals surface area contributed by atoms with Crippen LogP contribution in [-0.2, 0) is 22.6 Å². The minimum atomic E-state index is -0.250. The summed E-state index contributed by atoms with van der Waals surface area (Å²) in [6.07, 6.45) is 4.23. The molecule has 0 bridgehead atoms. The molecule has 30 heavy (non-hydrogen) atoms. The summed E-state index contributed by atoms with van der Waals surface area (Å²) in [5, 5.41) is 16.6. The van der Waals surface area contributed by atoms with Crippen LogP contribution in [0.2, 0.25) is 0 Å². The van der Waals surface area contributed by atoms with E-state index in [4.69, 9.17) is 15.6 Å². The normalized spacial score (nSPS) is 12.2. The average molecular weight is 404 g/mol. The molecule has 0 atom stereocenters. The number of nitrogens with two attached hydrogens (primary N) is 1. The molecule has 0 aromatic carbocycles. The molecule has 9 heteroatoms. The Kier molecular flexibility index (Phi) is 6.08. The number of nitrogen functional groups attached to an aromatic ring is 1. The second-order valence-electron chi connectivity index (χ2n) is 6.53. The van der Waals surface area contributed by atoms with E-state index in [2.05, 4.69) is 16.0 Å². The first-order valence-electron chi connectivity index (χ1n) is 9.15. The number of pyridine rings is 2. The number of anilines is 1. The van der Waals surface area contributed by atoms with Gasteiger partial charge in [0.1, 0.15) is 23.3 Å². The van der Waals surface area contributed by atoms with Crippen molar-refractivity contribution in [2.75, 3.05) is 12.3 Å². The smallest absolute Gasteiger partial charge is 0.290 e. The molecule has 3 aromatic rings. The zero-order chi connectivity index (χ0) is 21.7. The lowest BCUT2D eigenvalue weighted by Gasteiger charge is -2.30. The van der Waals surface area contributed by atoms with Crippen LogP contribution in [0.3, 0.4) is 0 Å². The summed E-state index contributed by atoms with van der Waals surface area (Å²) in [4.78, 5) is 30.9. The van der Waals surface area contributed by atoms with Gasteiger partial charge in [-0.3, -0.25) is 9.59 Å². The van der Waals surface area contributed by atoms with E-state index in [1.165, 1.54) is 0 Å². The van der Waals surface area contributed by atoms with E-state index in [1.54, 1.807) is 18.0 Å². The van der Waals surface area contributed by atoms with Gasteiger partial charge in [-0.25, -0.2) is 9.97 Å². The van der Waals surface area contributed by atoms with Crippen molar-refractivity contribution in [3.63, 3.8) is 0 Å². The van der Waals surface area contributed by atoms with E-state index in [1.807, 2.05) is 41.1 Å². The zero-order valence-electron chi connectivity index (χ0n) is 16.3. The first kappa shape index (κ1) is 20.5. The number of fused-ring (bicyclic) bond motifs is 1. The van der Waals surface area contributed by atoms with Crippen LogP contribution in [0.4, 0.5) is 5.82 Å². The molecule has 4 heterocycles. The van der Waals surface area contributed by atoms with Gasteiger partial charge >= 0.3 is 0 Å². The fourth-order valence-corrected chi connectivity index (χ4v) is 3.53. The molecule has 0 fully saturated rings. The third kappa shape index (κ3) is 3.84. The molecule has 1 amide bonds. The van der Waals surface area contributed by atoms with Crippen LogP contribution in [0.25, 0.3) is 17.1 Å². The molecule has 0 unspecified atom stereocenters. The Morgan fingerprint density at radius 2 is 2.10 bits per heavy atom. The molecular weight excluding hydrogens is 384 g/mol. The predicted molar refractivity (Wildman–Crippen MR) is 109 cm³/mol. The molecule has 0 radical (unpaired) electrons. The highest BCUT2D eigenvalue weighted by Gasteiger charge is 2.27.